The van der Waals surface area contributed by atoms with E-state index >= 15 is 0 Å². The van der Waals surface area contributed by atoms with Gasteiger partial charge in [0.15, 0.2) is 0 Å². The minimum absolute atomic E-state index is 0.405. The average molecular weight is 442 g/mol. The zero-order valence-electron chi connectivity index (χ0n) is 17.3. The summed E-state index contributed by atoms with van der Waals surface area (Å²) in [6.45, 7) is 0. The van der Waals surface area contributed by atoms with Crippen LogP contribution in [0.25, 0.3) is 54.8 Å². The third-order valence-corrected chi connectivity index (χ3v) is 6.76. The zero-order chi connectivity index (χ0) is 22.4. The molecule has 4 heterocycles. The second kappa shape index (κ2) is 7.49. The van der Waals surface area contributed by atoms with Gasteiger partial charge >= 0.3 is 0 Å². The van der Waals surface area contributed by atoms with Crippen molar-refractivity contribution in [2.24, 2.45) is 0 Å². The highest BCUT2D eigenvalue weighted by molar-refractivity contribution is 7.13. The fraction of sp³-hybridized carbons (Fsp3) is 0. The highest BCUT2D eigenvalue weighted by Gasteiger charge is 2.25. The second-order valence-electron chi connectivity index (χ2n) is 7.63. The van der Waals surface area contributed by atoms with Crippen LogP contribution in [0.15, 0.2) is 78.4 Å². The Hall–Kier alpha value is -4.65. The molecule has 4 aromatic heterocycles. The fourth-order valence-corrected chi connectivity index (χ4v) is 5.18. The standard InChI is InChI=1S/C27H15N5S/c28-12-18-25(24-10-5-11-33-24)19(13-29)27(21-15-31-23-9-4-2-7-17(21)23)32-26(18)20-14-30-22-8-3-1-6-16(20)22/h1-11,14-15,30-31H. The maximum absolute atomic E-state index is 10.3. The number of hydrogen-bond acceptors (Lipinski definition) is 4. The SMILES string of the molecule is N#Cc1c(-c2c[nH]c3ccccc23)nc(-c2c[nH]c3ccccc23)c(C#N)c1-c1cccs1. The van der Waals surface area contributed by atoms with Crippen LogP contribution in [0.4, 0.5) is 0 Å². The van der Waals surface area contributed by atoms with Crippen molar-refractivity contribution in [2.45, 2.75) is 0 Å². The molecule has 0 saturated heterocycles. The lowest BCUT2D eigenvalue weighted by Gasteiger charge is -2.14. The first kappa shape index (κ1) is 19.1. The van der Waals surface area contributed by atoms with Gasteiger partial charge in [-0.15, -0.1) is 11.3 Å². The Morgan fingerprint density at radius 2 is 1.24 bits per heavy atom. The number of aromatic nitrogens is 3. The number of nitrogens with one attached hydrogen (secondary N) is 2. The van der Waals surface area contributed by atoms with Crippen molar-refractivity contribution in [3.63, 3.8) is 0 Å². The summed E-state index contributed by atoms with van der Waals surface area (Å²) < 4.78 is 0. The number of benzene rings is 2. The minimum Gasteiger partial charge on any atom is -0.360 e. The molecule has 6 rings (SSSR count). The predicted molar refractivity (Wildman–Crippen MR) is 132 cm³/mol. The summed E-state index contributed by atoms with van der Waals surface area (Å²) in [5, 5.41) is 24.5. The van der Waals surface area contributed by atoms with E-state index in [1.54, 1.807) is 0 Å². The van der Waals surface area contributed by atoms with Crippen molar-refractivity contribution in [1.82, 2.24) is 15.0 Å². The molecule has 5 nitrogen and oxygen atoms in total. The molecule has 0 aliphatic rings. The van der Waals surface area contributed by atoms with Gasteiger partial charge < -0.3 is 9.97 Å². The van der Waals surface area contributed by atoms with Crippen LogP contribution in [-0.2, 0) is 0 Å². The molecule has 0 unspecified atom stereocenters. The van der Waals surface area contributed by atoms with Gasteiger partial charge in [-0.05, 0) is 23.6 Å². The van der Waals surface area contributed by atoms with E-state index in [0.717, 1.165) is 37.8 Å². The van der Waals surface area contributed by atoms with E-state index in [4.69, 9.17) is 4.98 Å². The number of nitriles is 2. The normalized spacial score (nSPS) is 11.0. The molecular weight excluding hydrogens is 426 g/mol. The molecule has 0 aliphatic carbocycles. The number of aromatic amines is 2. The fourth-order valence-electron chi connectivity index (χ4n) is 4.39. The lowest BCUT2D eigenvalue weighted by molar-refractivity contribution is 1.29. The quantitative estimate of drug-likeness (QED) is 0.314. The van der Waals surface area contributed by atoms with E-state index in [1.165, 1.54) is 11.3 Å². The number of nitrogens with zero attached hydrogens (tertiary/aromatic N) is 3. The lowest BCUT2D eigenvalue weighted by atomic mass is 9.92. The van der Waals surface area contributed by atoms with Crippen LogP contribution in [0.1, 0.15) is 11.1 Å². The molecule has 6 aromatic rings. The van der Waals surface area contributed by atoms with E-state index in [0.29, 0.717) is 28.1 Å². The summed E-state index contributed by atoms with van der Waals surface area (Å²) >= 11 is 1.51. The van der Waals surface area contributed by atoms with Gasteiger partial charge in [-0.2, -0.15) is 10.5 Å². The van der Waals surface area contributed by atoms with Crippen LogP contribution in [0.3, 0.4) is 0 Å². The summed E-state index contributed by atoms with van der Waals surface area (Å²) in [7, 11) is 0. The number of fused-ring (bicyclic) bond motifs is 2. The Balaban J connectivity index is 1.78. The lowest BCUT2D eigenvalue weighted by Crippen LogP contribution is -2.00. The molecule has 0 spiro atoms. The van der Waals surface area contributed by atoms with Crippen LogP contribution in [0, 0.1) is 22.7 Å². The monoisotopic (exact) mass is 441 g/mol. The van der Waals surface area contributed by atoms with Gasteiger partial charge in [0.05, 0.1) is 22.5 Å². The third-order valence-electron chi connectivity index (χ3n) is 5.88. The van der Waals surface area contributed by atoms with Gasteiger partial charge in [-0.3, -0.25) is 0 Å². The first-order valence-electron chi connectivity index (χ1n) is 10.3. The number of para-hydroxylation sites is 2. The van der Waals surface area contributed by atoms with E-state index in [1.807, 2.05) is 78.4 Å². The molecule has 154 valence electrons. The Morgan fingerprint density at radius 3 is 1.73 bits per heavy atom. The Morgan fingerprint density at radius 1 is 0.697 bits per heavy atom. The number of H-pyrrole nitrogens is 2. The molecule has 2 aromatic carbocycles. The van der Waals surface area contributed by atoms with Crippen molar-refractivity contribution in [1.29, 1.82) is 10.5 Å². The third kappa shape index (κ3) is 2.86. The number of pyridine rings is 1. The maximum atomic E-state index is 10.3. The Bertz CT molecular complexity index is 1630. The minimum atomic E-state index is 0.405. The van der Waals surface area contributed by atoms with E-state index in [2.05, 4.69) is 22.1 Å². The van der Waals surface area contributed by atoms with Gasteiger partial charge in [0.2, 0.25) is 0 Å². The Kier molecular flexibility index (Phi) is 4.33. The summed E-state index contributed by atoms with van der Waals surface area (Å²) in [5.41, 5.74) is 6.18. The summed E-state index contributed by atoms with van der Waals surface area (Å²) in [6.07, 6.45) is 3.77. The van der Waals surface area contributed by atoms with Crippen LogP contribution < -0.4 is 0 Å². The van der Waals surface area contributed by atoms with Gasteiger partial charge in [-0.1, -0.05) is 42.5 Å². The van der Waals surface area contributed by atoms with Crippen LogP contribution in [0.2, 0.25) is 0 Å². The molecule has 33 heavy (non-hydrogen) atoms. The maximum Gasteiger partial charge on any atom is 0.102 e. The number of hydrogen-bond donors (Lipinski definition) is 2. The van der Waals surface area contributed by atoms with Crippen molar-refractivity contribution >= 4 is 33.1 Å². The van der Waals surface area contributed by atoms with Gasteiger partial charge in [-0.25, -0.2) is 4.98 Å². The molecule has 0 saturated carbocycles. The van der Waals surface area contributed by atoms with Crippen molar-refractivity contribution in [3.05, 3.63) is 89.6 Å². The molecule has 0 atom stereocenters. The van der Waals surface area contributed by atoms with Gasteiger partial charge in [0, 0.05) is 55.8 Å². The zero-order valence-corrected chi connectivity index (χ0v) is 18.1. The topological polar surface area (TPSA) is 92.0 Å². The summed E-state index contributed by atoms with van der Waals surface area (Å²) in [4.78, 5) is 12.4. The molecular formula is C27H15N5S. The molecule has 0 bridgehead atoms. The Labute approximate surface area is 193 Å². The molecule has 0 radical (unpaired) electrons. The predicted octanol–water partition coefficient (Wildman–Crippen LogP) is 6.85. The molecule has 6 heteroatoms. The van der Waals surface area contributed by atoms with Crippen molar-refractivity contribution < 1.29 is 0 Å². The average Bonchev–Trinajstić information content (AvgIpc) is 3.62. The molecule has 0 fully saturated rings. The smallest absolute Gasteiger partial charge is 0.102 e. The largest absolute Gasteiger partial charge is 0.360 e. The van der Waals surface area contributed by atoms with E-state index in [-0.39, 0.29) is 0 Å². The highest BCUT2D eigenvalue weighted by Crippen LogP contribution is 2.42. The number of rotatable bonds is 3. The van der Waals surface area contributed by atoms with Gasteiger partial charge in [0.25, 0.3) is 0 Å². The number of thiophene rings is 1. The molecule has 0 amide bonds. The second-order valence-corrected chi connectivity index (χ2v) is 8.58. The molecule has 0 aliphatic heterocycles. The van der Waals surface area contributed by atoms with Crippen molar-refractivity contribution in [2.75, 3.05) is 0 Å². The van der Waals surface area contributed by atoms with Gasteiger partial charge in [0.1, 0.15) is 12.1 Å². The first-order valence-corrected chi connectivity index (χ1v) is 11.2. The van der Waals surface area contributed by atoms with Crippen LogP contribution in [-0.4, -0.2) is 15.0 Å². The van der Waals surface area contributed by atoms with E-state index in [9.17, 15) is 10.5 Å². The van der Waals surface area contributed by atoms with Crippen molar-refractivity contribution in [3.8, 4) is 45.1 Å². The molecule has 2 N–H and O–H groups in total. The highest BCUT2D eigenvalue weighted by atomic mass is 32.1. The summed E-state index contributed by atoms with van der Waals surface area (Å²) in [5.74, 6) is 0. The summed E-state index contributed by atoms with van der Waals surface area (Å²) in [6, 6.07) is 24.5. The van der Waals surface area contributed by atoms with E-state index < -0.39 is 0 Å². The first-order chi connectivity index (χ1) is 16.3. The van der Waals surface area contributed by atoms with Crippen LogP contribution in [0.5, 0.6) is 0 Å². The van der Waals surface area contributed by atoms with Crippen LogP contribution >= 0.6 is 11.3 Å².